The highest BCUT2D eigenvalue weighted by Gasteiger charge is 2.25. The van der Waals surface area contributed by atoms with E-state index in [1.54, 1.807) is 6.07 Å². The largest absolute Gasteiger partial charge is 0.229 e. The third-order valence-electron chi connectivity index (χ3n) is 2.63. The van der Waals surface area contributed by atoms with Gasteiger partial charge >= 0.3 is 0 Å². The lowest BCUT2D eigenvalue weighted by Crippen LogP contribution is -2.22. The van der Waals surface area contributed by atoms with E-state index in [4.69, 9.17) is 11.6 Å². The van der Waals surface area contributed by atoms with E-state index in [-0.39, 0.29) is 17.4 Å². The monoisotopic (exact) mass is 246 g/mol. The molecule has 1 aromatic rings. The fraction of sp³-hybridized carbons (Fsp3) is 0.556. The maximum atomic E-state index is 11.2. The first-order chi connectivity index (χ1) is 7.07. The van der Waals surface area contributed by atoms with Crippen LogP contribution in [0.25, 0.3) is 0 Å². The van der Waals surface area contributed by atoms with Gasteiger partial charge in [0.2, 0.25) is 0 Å². The molecule has 0 amide bonds. The van der Waals surface area contributed by atoms with Crippen molar-refractivity contribution in [3.8, 4) is 0 Å². The topological polar surface area (TPSA) is 59.9 Å². The van der Waals surface area contributed by atoms with Crippen LogP contribution in [0.1, 0.15) is 24.5 Å². The Hall–Kier alpha value is -0.680. The number of nitrogens with zero attached hydrogens (tertiary/aromatic N) is 2. The van der Waals surface area contributed by atoms with E-state index in [9.17, 15) is 8.42 Å². The quantitative estimate of drug-likeness (QED) is 0.752. The molecule has 0 atom stereocenters. The lowest BCUT2D eigenvalue weighted by molar-refractivity contribution is 0.541. The van der Waals surface area contributed by atoms with Gasteiger partial charge in [-0.3, -0.25) is 0 Å². The van der Waals surface area contributed by atoms with Crippen molar-refractivity contribution in [2.45, 2.75) is 18.8 Å². The van der Waals surface area contributed by atoms with Crippen LogP contribution in [0.5, 0.6) is 0 Å². The third-order valence-corrected chi connectivity index (χ3v) is 4.54. The summed E-state index contributed by atoms with van der Waals surface area (Å²) in [5, 5.41) is 8.09. The fourth-order valence-corrected chi connectivity index (χ4v) is 3.32. The molecule has 0 radical (unpaired) electrons. The third kappa shape index (κ3) is 2.66. The molecule has 1 fully saturated rings. The molecule has 2 heterocycles. The molecule has 1 saturated heterocycles. The molecule has 0 aromatic carbocycles. The SMILES string of the molecule is O=S1(=O)CCC(c2ccc(Cl)nn2)CC1. The minimum atomic E-state index is -2.81. The van der Waals surface area contributed by atoms with Crippen molar-refractivity contribution in [3.63, 3.8) is 0 Å². The van der Waals surface area contributed by atoms with Crippen LogP contribution < -0.4 is 0 Å². The minimum Gasteiger partial charge on any atom is -0.229 e. The van der Waals surface area contributed by atoms with E-state index in [0.29, 0.717) is 18.0 Å². The van der Waals surface area contributed by atoms with Crippen molar-refractivity contribution >= 4 is 21.4 Å². The second-order valence-electron chi connectivity index (χ2n) is 3.71. The maximum absolute atomic E-state index is 11.2. The van der Waals surface area contributed by atoms with E-state index in [2.05, 4.69) is 10.2 Å². The first-order valence-electron chi connectivity index (χ1n) is 4.76. The number of hydrogen-bond acceptors (Lipinski definition) is 4. The Labute approximate surface area is 93.6 Å². The van der Waals surface area contributed by atoms with Crippen LogP contribution in [0.15, 0.2) is 12.1 Å². The Bertz CT molecular complexity index is 430. The summed E-state index contributed by atoms with van der Waals surface area (Å²) in [6.07, 6.45) is 1.28. The zero-order valence-corrected chi connectivity index (χ0v) is 9.63. The molecule has 82 valence electrons. The van der Waals surface area contributed by atoms with Crippen molar-refractivity contribution in [3.05, 3.63) is 23.0 Å². The highest BCUT2D eigenvalue weighted by molar-refractivity contribution is 7.91. The van der Waals surface area contributed by atoms with Crippen LogP contribution >= 0.6 is 11.6 Å². The fourth-order valence-electron chi connectivity index (χ4n) is 1.73. The van der Waals surface area contributed by atoms with Gasteiger partial charge < -0.3 is 0 Å². The van der Waals surface area contributed by atoms with Gasteiger partial charge in [-0.05, 0) is 25.0 Å². The molecule has 0 bridgehead atoms. The van der Waals surface area contributed by atoms with Gasteiger partial charge in [-0.15, -0.1) is 5.10 Å². The summed E-state index contributed by atoms with van der Waals surface area (Å²) in [4.78, 5) is 0. The van der Waals surface area contributed by atoms with Crippen molar-refractivity contribution in [1.82, 2.24) is 10.2 Å². The second kappa shape index (κ2) is 4.06. The number of rotatable bonds is 1. The highest BCUT2D eigenvalue weighted by atomic mass is 35.5. The summed E-state index contributed by atoms with van der Waals surface area (Å²) in [7, 11) is -2.81. The lowest BCUT2D eigenvalue weighted by atomic mass is 9.99. The molecular weight excluding hydrogens is 236 g/mol. The number of hydrogen-bond donors (Lipinski definition) is 0. The van der Waals surface area contributed by atoms with Gasteiger partial charge in [0.1, 0.15) is 9.84 Å². The van der Waals surface area contributed by atoms with E-state index in [1.165, 1.54) is 0 Å². The van der Waals surface area contributed by atoms with Crippen LogP contribution in [-0.2, 0) is 9.84 Å². The van der Waals surface area contributed by atoms with Crippen molar-refractivity contribution in [2.75, 3.05) is 11.5 Å². The Morgan fingerprint density at radius 1 is 1.20 bits per heavy atom. The van der Waals surface area contributed by atoms with E-state index in [1.807, 2.05) is 6.07 Å². The molecule has 1 aliphatic heterocycles. The van der Waals surface area contributed by atoms with Crippen LogP contribution in [0.2, 0.25) is 5.15 Å². The number of halogens is 1. The van der Waals surface area contributed by atoms with Crippen LogP contribution in [0, 0.1) is 0 Å². The van der Waals surface area contributed by atoms with Crippen molar-refractivity contribution < 1.29 is 8.42 Å². The standard InChI is InChI=1S/C9H11ClN2O2S/c10-9-2-1-8(11-12-9)7-3-5-15(13,14)6-4-7/h1-2,7H,3-6H2. The normalized spacial score (nSPS) is 21.4. The predicted octanol–water partition coefficient (Wildman–Crippen LogP) is 1.42. The predicted molar refractivity (Wildman–Crippen MR) is 57.7 cm³/mol. The molecule has 0 N–H and O–H groups in total. The molecule has 0 aliphatic carbocycles. The van der Waals surface area contributed by atoms with Crippen molar-refractivity contribution in [1.29, 1.82) is 0 Å². The molecule has 6 heteroatoms. The molecule has 0 saturated carbocycles. The smallest absolute Gasteiger partial charge is 0.151 e. The van der Waals surface area contributed by atoms with Gasteiger partial charge in [0.05, 0.1) is 17.2 Å². The summed E-state index contributed by atoms with van der Waals surface area (Å²) in [5.41, 5.74) is 0.842. The molecule has 4 nitrogen and oxygen atoms in total. The molecule has 0 spiro atoms. The zero-order valence-electron chi connectivity index (χ0n) is 8.06. The number of aromatic nitrogens is 2. The van der Waals surface area contributed by atoms with Crippen molar-refractivity contribution in [2.24, 2.45) is 0 Å². The summed E-state index contributed by atoms with van der Waals surface area (Å²) in [6, 6.07) is 3.50. The lowest BCUT2D eigenvalue weighted by Gasteiger charge is -2.20. The highest BCUT2D eigenvalue weighted by Crippen LogP contribution is 2.27. The molecule has 1 aromatic heterocycles. The van der Waals surface area contributed by atoms with E-state index in [0.717, 1.165) is 5.69 Å². The molecule has 15 heavy (non-hydrogen) atoms. The Morgan fingerprint density at radius 3 is 2.40 bits per heavy atom. The Balaban J connectivity index is 2.11. The summed E-state index contributed by atoms with van der Waals surface area (Å²) in [5.74, 6) is 0.711. The van der Waals surface area contributed by atoms with Gasteiger partial charge in [0.25, 0.3) is 0 Å². The van der Waals surface area contributed by atoms with Gasteiger partial charge in [0, 0.05) is 5.92 Å². The van der Waals surface area contributed by atoms with Gasteiger partial charge in [-0.25, -0.2) is 8.42 Å². The Kier molecular flexibility index (Phi) is 2.93. The first kappa shape index (κ1) is 10.8. The summed E-state index contributed by atoms with van der Waals surface area (Å²) < 4.78 is 22.4. The van der Waals surface area contributed by atoms with Gasteiger partial charge in [-0.1, -0.05) is 11.6 Å². The Morgan fingerprint density at radius 2 is 1.87 bits per heavy atom. The summed E-state index contributed by atoms with van der Waals surface area (Å²) >= 11 is 5.63. The molecule has 0 unspecified atom stereocenters. The molecular formula is C9H11ClN2O2S. The molecule has 2 rings (SSSR count). The van der Waals surface area contributed by atoms with Crippen LogP contribution in [-0.4, -0.2) is 30.1 Å². The first-order valence-corrected chi connectivity index (χ1v) is 6.96. The minimum absolute atomic E-state index is 0.207. The zero-order chi connectivity index (χ0) is 10.9. The van der Waals surface area contributed by atoms with Crippen LogP contribution in [0.3, 0.4) is 0 Å². The van der Waals surface area contributed by atoms with E-state index >= 15 is 0 Å². The second-order valence-corrected chi connectivity index (χ2v) is 6.40. The molecule has 1 aliphatic rings. The number of sulfone groups is 1. The maximum Gasteiger partial charge on any atom is 0.151 e. The van der Waals surface area contributed by atoms with E-state index < -0.39 is 9.84 Å². The van der Waals surface area contributed by atoms with Gasteiger partial charge in [0.15, 0.2) is 5.15 Å². The average Bonchev–Trinajstić information content (AvgIpc) is 2.20. The van der Waals surface area contributed by atoms with Crippen LogP contribution in [0.4, 0.5) is 0 Å². The van der Waals surface area contributed by atoms with Gasteiger partial charge in [-0.2, -0.15) is 5.10 Å². The summed E-state index contributed by atoms with van der Waals surface area (Å²) in [6.45, 7) is 0. The average molecular weight is 247 g/mol.